The molecule has 0 aliphatic rings. The molecule has 0 atom stereocenters. The van der Waals surface area contributed by atoms with Crippen molar-refractivity contribution in [2.75, 3.05) is 0 Å². The van der Waals surface area contributed by atoms with Gasteiger partial charge in [-0.3, -0.25) is 9.89 Å². The van der Waals surface area contributed by atoms with Crippen molar-refractivity contribution in [2.45, 2.75) is 13.8 Å². The molecule has 0 saturated heterocycles. The van der Waals surface area contributed by atoms with Crippen molar-refractivity contribution in [3.8, 4) is 11.3 Å². The van der Waals surface area contributed by atoms with E-state index in [0.29, 0.717) is 5.56 Å². The molecule has 2 aromatic carbocycles. The van der Waals surface area contributed by atoms with Crippen molar-refractivity contribution in [1.29, 1.82) is 0 Å². The number of H-pyrrole nitrogens is 1. The highest BCUT2D eigenvalue weighted by Crippen LogP contribution is 2.21. The monoisotopic (exact) mass is 320 g/mol. The van der Waals surface area contributed by atoms with Crippen LogP contribution in [0.25, 0.3) is 17.3 Å². The Morgan fingerprint density at radius 2 is 1.79 bits per heavy atom. The number of halogens is 1. The van der Waals surface area contributed by atoms with Gasteiger partial charge in [0.05, 0.1) is 11.4 Å². The van der Waals surface area contributed by atoms with Crippen LogP contribution in [0.4, 0.5) is 4.39 Å². The summed E-state index contributed by atoms with van der Waals surface area (Å²) in [7, 11) is 0. The van der Waals surface area contributed by atoms with E-state index < -0.39 is 0 Å². The molecule has 24 heavy (non-hydrogen) atoms. The molecule has 0 unspecified atom stereocenters. The van der Waals surface area contributed by atoms with Crippen LogP contribution in [0.1, 0.15) is 27.2 Å². The molecule has 1 heterocycles. The van der Waals surface area contributed by atoms with Gasteiger partial charge in [-0.25, -0.2) is 4.39 Å². The maximum atomic E-state index is 12.9. The number of aryl methyl sites for hydroxylation is 2. The van der Waals surface area contributed by atoms with E-state index in [9.17, 15) is 9.18 Å². The summed E-state index contributed by atoms with van der Waals surface area (Å²) in [6.45, 7) is 4.13. The number of nitrogens with zero attached hydrogens (tertiary/aromatic N) is 1. The Balaban J connectivity index is 1.77. The summed E-state index contributed by atoms with van der Waals surface area (Å²) in [5.74, 6) is -0.542. The zero-order valence-corrected chi connectivity index (χ0v) is 13.5. The van der Waals surface area contributed by atoms with E-state index in [1.54, 1.807) is 6.08 Å². The lowest BCUT2D eigenvalue weighted by Crippen LogP contribution is -1.93. The van der Waals surface area contributed by atoms with Gasteiger partial charge >= 0.3 is 0 Å². The molecule has 3 rings (SSSR count). The number of aromatic nitrogens is 2. The van der Waals surface area contributed by atoms with E-state index in [4.69, 9.17) is 0 Å². The van der Waals surface area contributed by atoms with Crippen LogP contribution in [-0.2, 0) is 0 Å². The van der Waals surface area contributed by atoms with Crippen molar-refractivity contribution < 1.29 is 9.18 Å². The minimum atomic E-state index is -0.359. The van der Waals surface area contributed by atoms with E-state index in [0.717, 1.165) is 17.0 Å². The molecule has 3 aromatic rings. The van der Waals surface area contributed by atoms with Crippen LogP contribution in [0.2, 0.25) is 0 Å². The fourth-order valence-corrected chi connectivity index (χ4v) is 2.35. The highest BCUT2D eigenvalue weighted by molar-refractivity contribution is 6.06. The van der Waals surface area contributed by atoms with E-state index in [-0.39, 0.29) is 11.6 Å². The number of carbonyl (C=O) groups is 1. The van der Waals surface area contributed by atoms with Crippen molar-refractivity contribution in [3.63, 3.8) is 0 Å². The average Bonchev–Trinajstić information content (AvgIpc) is 3.05. The second kappa shape index (κ2) is 6.62. The Labute approximate surface area is 139 Å². The smallest absolute Gasteiger partial charge is 0.185 e. The molecule has 0 radical (unpaired) electrons. The highest BCUT2D eigenvalue weighted by atomic mass is 19.1. The Hall–Kier alpha value is -3.01. The quantitative estimate of drug-likeness (QED) is 0.558. The van der Waals surface area contributed by atoms with E-state index in [1.807, 2.05) is 12.1 Å². The Bertz CT molecular complexity index is 908. The van der Waals surface area contributed by atoms with Crippen molar-refractivity contribution in [3.05, 3.63) is 82.8 Å². The van der Waals surface area contributed by atoms with Crippen LogP contribution >= 0.6 is 0 Å². The number of hydrogen-bond donors (Lipinski definition) is 1. The molecular weight excluding hydrogens is 303 g/mol. The number of ketones is 1. The summed E-state index contributed by atoms with van der Waals surface area (Å²) >= 11 is 0. The van der Waals surface area contributed by atoms with Crippen LogP contribution < -0.4 is 0 Å². The van der Waals surface area contributed by atoms with Crippen molar-refractivity contribution in [1.82, 2.24) is 10.2 Å². The van der Waals surface area contributed by atoms with Crippen LogP contribution in [-0.4, -0.2) is 16.0 Å². The van der Waals surface area contributed by atoms with E-state index >= 15 is 0 Å². The molecule has 1 aromatic heterocycles. The number of aromatic amines is 1. The van der Waals surface area contributed by atoms with Crippen molar-refractivity contribution >= 4 is 11.9 Å². The second-order valence-corrected chi connectivity index (χ2v) is 5.71. The lowest BCUT2D eigenvalue weighted by molar-refractivity contribution is 0.104. The average molecular weight is 320 g/mol. The fourth-order valence-electron chi connectivity index (χ4n) is 2.35. The summed E-state index contributed by atoms with van der Waals surface area (Å²) in [5.41, 5.74) is 5.48. The standard InChI is InChI=1S/C20H17FN2O/c1-13-3-4-16(11-14(13)2)19-12-18(22-23-19)9-10-20(24)15-5-7-17(21)8-6-15/h3-12H,1-2H3,(H,22,23)/b10-9+. The topological polar surface area (TPSA) is 45.8 Å². The number of nitrogens with one attached hydrogen (secondary N) is 1. The molecule has 120 valence electrons. The van der Waals surface area contributed by atoms with Gasteiger partial charge in [0, 0.05) is 11.1 Å². The molecule has 0 amide bonds. The van der Waals surface area contributed by atoms with Crippen LogP contribution in [0.5, 0.6) is 0 Å². The highest BCUT2D eigenvalue weighted by Gasteiger charge is 2.05. The predicted molar refractivity (Wildman–Crippen MR) is 93.3 cm³/mol. The van der Waals surface area contributed by atoms with Gasteiger partial charge in [-0.2, -0.15) is 5.10 Å². The van der Waals surface area contributed by atoms with Gasteiger partial charge in [-0.1, -0.05) is 12.1 Å². The lowest BCUT2D eigenvalue weighted by atomic mass is 10.0. The van der Waals surface area contributed by atoms with Gasteiger partial charge in [0.25, 0.3) is 0 Å². The largest absolute Gasteiger partial charge is 0.289 e. The third-order valence-corrected chi connectivity index (χ3v) is 3.94. The summed E-state index contributed by atoms with van der Waals surface area (Å²) < 4.78 is 12.9. The van der Waals surface area contributed by atoms with Gasteiger partial charge < -0.3 is 0 Å². The molecular formula is C20H17FN2O. The van der Waals surface area contributed by atoms with Gasteiger partial charge in [0.2, 0.25) is 0 Å². The Kier molecular flexibility index (Phi) is 4.38. The lowest BCUT2D eigenvalue weighted by Gasteiger charge is -2.01. The Morgan fingerprint density at radius 1 is 1.04 bits per heavy atom. The third kappa shape index (κ3) is 3.49. The van der Waals surface area contributed by atoms with Gasteiger partial charge in [0.1, 0.15) is 5.82 Å². The van der Waals surface area contributed by atoms with Gasteiger partial charge in [-0.05, 0) is 73.5 Å². The number of allylic oxidation sites excluding steroid dienone is 1. The summed E-state index contributed by atoms with van der Waals surface area (Å²) in [6.07, 6.45) is 3.12. The molecule has 3 nitrogen and oxygen atoms in total. The van der Waals surface area contributed by atoms with E-state index in [2.05, 4.69) is 36.2 Å². The summed E-state index contributed by atoms with van der Waals surface area (Å²) in [4.78, 5) is 12.0. The minimum absolute atomic E-state index is 0.183. The molecule has 0 aliphatic carbocycles. The molecule has 0 fully saturated rings. The first-order valence-corrected chi connectivity index (χ1v) is 7.64. The first-order valence-electron chi connectivity index (χ1n) is 7.64. The number of benzene rings is 2. The van der Waals surface area contributed by atoms with Gasteiger partial charge in [-0.15, -0.1) is 0 Å². The second-order valence-electron chi connectivity index (χ2n) is 5.71. The maximum absolute atomic E-state index is 12.9. The zero-order chi connectivity index (χ0) is 17.1. The van der Waals surface area contributed by atoms with Crippen molar-refractivity contribution in [2.24, 2.45) is 0 Å². The summed E-state index contributed by atoms with van der Waals surface area (Å²) in [6, 6.07) is 13.5. The molecule has 0 bridgehead atoms. The first-order chi connectivity index (χ1) is 11.5. The van der Waals surface area contributed by atoms with Crippen LogP contribution in [0.15, 0.2) is 54.6 Å². The fraction of sp³-hybridized carbons (Fsp3) is 0.100. The molecule has 4 heteroatoms. The predicted octanol–water partition coefficient (Wildman–Crippen LogP) is 4.73. The third-order valence-electron chi connectivity index (χ3n) is 3.94. The number of rotatable bonds is 4. The minimum Gasteiger partial charge on any atom is -0.289 e. The normalized spacial score (nSPS) is 11.1. The molecule has 0 aliphatic heterocycles. The zero-order valence-electron chi connectivity index (χ0n) is 13.5. The summed E-state index contributed by atoms with van der Waals surface area (Å²) in [5, 5.41) is 7.19. The Morgan fingerprint density at radius 3 is 2.50 bits per heavy atom. The number of carbonyl (C=O) groups excluding carboxylic acids is 1. The first kappa shape index (κ1) is 15.9. The van der Waals surface area contributed by atoms with Crippen LogP contribution in [0.3, 0.4) is 0 Å². The van der Waals surface area contributed by atoms with E-state index in [1.165, 1.54) is 41.5 Å². The van der Waals surface area contributed by atoms with Gasteiger partial charge in [0.15, 0.2) is 5.78 Å². The molecule has 0 saturated carbocycles. The maximum Gasteiger partial charge on any atom is 0.185 e. The number of hydrogen-bond acceptors (Lipinski definition) is 2. The SMILES string of the molecule is Cc1ccc(-c2cc(/C=C/C(=O)c3ccc(F)cc3)[nH]n2)cc1C. The van der Waals surface area contributed by atoms with Crippen LogP contribution in [0, 0.1) is 19.7 Å². The molecule has 0 spiro atoms. The molecule has 1 N–H and O–H groups in total.